The van der Waals surface area contributed by atoms with Crippen molar-refractivity contribution >= 4 is 6.29 Å². The molecule has 0 spiro atoms. The molecule has 0 aromatic heterocycles. The van der Waals surface area contributed by atoms with E-state index in [2.05, 4.69) is 13.5 Å². The van der Waals surface area contributed by atoms with Crippen molar-refractivity contribution in [3.05, 3.63) is 24.3 Å². The van der Waals surface area contributed by atoms with Crippen LogP contribution in [0.5, 0.6) is 0 Å². The lowest BCUT2D eigenvalue weighted by molar-refractivity contribution is -0.104. The molecule has 12 heavy (non-hydrogen) atoms. The van der Waals surface area contributed by atoms with Gasteiger partial charge in [-0.2, -0.15) is 0 Å². The molecule has 0 rings (SSSR count). The average Bonchev–Trinajstić information content (AvgIpc) is 2.06. The van der Waals surface area contributed by atoms with Crippen LogP contribution in [0.3, 0.4) is 0 Å². The lowest BCUT2D eigenvalue weighted by atomic mass is 10.0. The summed E-state index contributed by atoms with van der Waals surface area (Å²) < 4.78 is 0. The summed E-state index contributed by atoms with van der Waals surface area (Å²) in [6.07, 6.45) is 9.92. The third-order valence-electron chi connectivity index (χ3n) is 1.81. The van der Waals surface area contributed by atoms with Crippen LogP contribution in [-0.4, -0.2) is 6.29 Å². The van der Waals surface area contributed by atoms with E-state index < -0.39 is 0 Å². The molecule has 0 saturated heterocycles. The zero-order chi connectivity index (χ0) is 9.23. The molecule has 0 radical (unpaired) electrons. The van der Waals surface area contributed by atoms with Gasteiger partial charge in [-0.05, 0) is 25.3 Å². The molecule has 1 nitrogen and oxygen atoms in total. The Hall–Kier alpha value is -0.850. The number of carbonyl (C=O) groups excluding carboxylic acids is 1. The van der Waals surface area contributed by atoms with Crippen molar-refractivity contribution in [3.8, 4) is 0 Å². The van der Waals surface area contributed by atoms with Gasteiger partial charge in [0.15, 0.2) is 0 Å². The van der Waals surface area contributed by atoms with Gasteiger partial charge in [0.05, 0.1) is 0 Å². The van der Waals surface area contributed by atoms with E-state index in [1.807, 2.05) is 6.08 Å². The average molecular weight is 166 g/mol. The van der Waals surface area contributed by atoms with Crippen LogP contribution in [0.4, 0.5) is 0 Å². The minimum atomic E-state index is 0.850. The first-order chi connectivity index (χ1) is 5.85. The largest absolute Gasteiger partial charge is 0.299 e. The van der Waals surface area contributed by atoms with Crippen LogP contribution in [0.1, 0.15) is 39.0 Å². The smallest absolute Gasteiger partial charge is 0.142 e. The molecule has 0 saturated carbocycles. The number of rotatable bonds is 7. The summed E-state index contributed by atoms with van der Waals surface area (Å²) >= 11 is 0. The van der Waals surface area contributed by atoms with Crippen molar-refractivity contribution in [2.24, 2.45) is 0 Å². The van der Waals surface area contributed by atoms with Crippen molar-refractivity contribution in [1.29, 1.82) is 0 Å². The Morgan fingerprint density at radius 1 is 1.42 bits per heavy atom. The Labute approximate surface area is 75.2 Å². The fraction of sp³-hybridized carbons (Fsp3) is 0.545. The zero-order valence-electron chi connectivity index (χ0n) is 7.88. The summed E-state index contributed by atoms with van der Waals surface area (Å²) in [5, 5.41) is 0. The molecule has 1 heteroatoms. The molecule has 0 heterocycles. The molecule has 0 atom stereocenters. The van der Waals surface area contributed by atoms with Crippen molar-refractivity contribution in [2.75, 3.05) is 0 Å². The normalized spacial score (nSPS) is 11.2. The SMILES string of the molecule is C=CC/C(=C/C=O)CCCCC. The van der Waals surface area contributed by atoms with Crippen LogP contribution in [0, 0.1) is 0 Å². The molecular weight excluding hydrogens is 148 g/mol. The Balaban J connectivity index is 3.70. The maximum atomic E-state index is 10.2. The van der Waals surface area contributed by atoms with E-state index >= 15 is 0 Å². The Morgan fingerprint density at radius 3 is 2.67 bits per heavy atom. The van der Waals surface area contributed by atoms with Gasteiger partial charge in [0.1, 0.15) is 6.29 Å². The van der Waals surface area contributed by atoms with Crippen LogP contribution in [0.25, 0.3) is 0 Å². The molecule has 0 fully saturated rings. The fourth-order valence-electron chi connectivity index (χ4n) is 1.14. The Morgan fingerprint density at radius 2 is 2.17 bits per heavy atom. The predicted molar refractivity (Wildman–Crippen MR) is 53.1 cm³/mol. The molecule has 0 aliphatic rings. The molecule has 0 aliphatic carbocycles. The van der Waals surface area contributed by atoms with E-state index in [-0.39, 0.29) is 0 Å². The highest BCUT2D eigenvalue weighted by Crippen LogP contribution is 2.12. The van der Waals surface area contributed by atoms with Gasteiger partial charge < -0.3 is 0 Å². The standard InChI is InChI=1S/C11H18O/c1-3-5-6-8-11(7-4-2)9-10-12/h4,9-10H,2-3,5-8H2,1H3/b11-9-. The van der Waals surface area contributed by atoms with Crippen molar-refractivity contribution < 1.29 is 4.79 Å². The molecule has 0 aromatic rings. The van der Waals surface area contributed by atoms with Gasteiger partial charge in [-0.25, -0.2) is 0 Å². The quantitative estimate of drug-likeness (QED) is 0.245. The maximum absolute atomic E-state index is 10.2. The van der Waals surface area contributed by atoms with Crippen LogP contribution in [-0.2, 0) is 4.79 Å². The highest BCUT2D eigenvalue weighted by molar-refractivity contribution is 5.66. The second-order valence-electron chi connectivity index (χ2n) is 2.91. The molecule has 68 valence electrons. The second kappa shape index (κ2) is 8.25. The topological polar surface area (TPSA) is 17.1 Å². The highest BCUT2D eigenvalue weighted by Gasteiger charge is 1.93. The van der Waals surface area contributed by atoms with Gasteiger partial charge in [0.25, 0.3) is 0 Å². The molecule has 0 aromatic carbocycles. The van der Waals surface area contributed by atoms with Crippen molar-refractivity contribution in [3.63, 3.8) is 0 Å². The number of carbonyl (C=O) groups is 1. The second-order valence-corrected chi connectivity index (χ2v) is 2.91. The molecule has 0 unspecified atom stereocenters. The summed E-state index contributed by atoms with van der Waals surface area (Å²) in [6.45, 7) is 5.83. The van der Waals surface area contributed by atoms with Gasteiger partial charge >= 0.3 is 0 Å². The molecule has 0 amide bonds. The lowest BCUT2D eigenvalue weighted by Crippen LogP contribution is -1.84. The zero-order valence-corrected chi connectivity index (χ0v) is 7.88. The lowest BCUT2D eigenvalue weighted by Gasteiger charge is -2.01. The van der Waals surface area contributed by atoms with E-state index in [1.165, 1.54) is 24.8 Å². The predicted octanol–water partition coefficient (Wildman–Crippen LogP) is 3.27. The van der Waals surface area contributed by atoms with E-state index in [4.69, 9.17) is 0 Å². The monoisotopic (exact) mass is 166 g/mol. The number of hydrogen-bond acceptors (Lipinski definition) is 1. The van der Waals surface area contributed by atoms with Crippen molar-refractivity contribution in [2.45, 2.75) is 39.0 Å². The summed E-state index contributed by atoms with van der Waals surface area (Å²) in [6, 6.07) is 0. The van der Waals surface area contributed by atoms with E-state index in [1.54, 1.807) is 6.08 Å². The minimum Gasteiger partial charge on any atom is -0.299 e. The van der Waals surface area contributed by atoms with Gasteiger partial charge in [0, 0.05) is 0 Å². The molecule has 0 aliphatic heterocycles. The van der Waals surface area contributed by atoms with Crippen LogP contribution < -0.4 is 0 Å². The highest BCUT2D eigenvalue weighted by atomic mass is 16.1. The van der Waals surface area contributed by atoms with Crippen LogP contribution >= 0.6 is 0 Å². The molecule has 0 bridgehead atoms. The van der Waals surface area contributed by atoms with Crippen LogP contribution in [0.15, 0.2) is 24.3 Å². The fourth-order valence-corrected chi connectivity index (χ4v) is 1.14. The third-order valence-corrected chi connectivity index (χ3v) is 1.81. The van der Waals surface area contributed by atoms with Crippen LogP contribution in [0.2, 0.25) is 0 Å². The summed E-state index contributed by atoms with van der Waals surface area (Å²) in [5.41, 5.74) is 1.20. The summed E-state index contributed by atoms with van der Waals surface area (Å²) in [5.74, 6) is 0. The maximum Gasteiger partial charge on any atom is 0.142 e. The first-order valence-electron chi connectivity index (χ1n) is 4.59. The molecular formula is C11H18O. The number of aldehydes is 1. The van der Waals surface area contributed by atoms with E-state index in [9.17, 15) is 4.79 Å². The molecule has 0 N–H and O–H groups in total. The van der Waals surface area contributed by atoms with Gasteiger partial charge in [-0.3, -0.25) is 4.79 Å². The van der Waals surface area contributed by atoms with E-state index in [0.29, 0.717) is 0 Å². The Bertz CT molecular complexity index is 156. The number of allylic oxidation sites excluding steroid dienone is 3. The first-order valence-corrected chi connectivity index (χ1v) is 4.59. The number of hydrogen-bond donors (Lipinski definition) is 0. The van der Waals surface area contributed by atoms with Gasteiger partial charge in [-0.1, -0.05) is 31.4 Å². The Kier molecular flexibility index (Phi) is 7.66. The van der Waals surface area contributed by atoms with Crippen molar-refractivity contribution in [1.82, 2.24) is 0 Å². The first kappa shape index (κ1) is 11.2. The summed E-state index contributed by atoms with van der Waals surface area (Å²) in [7, 11) is 0. The van der Waals surface area contributed by atoms with Gasteiger partial charge in [0.2, 0.25) is 0 Å². The minimum absolute atomic E-state index is 0.850. The summed E-state index contributed by atoms with van der Waals surface area (Å²) in [4.78, 5) is 10.2. The third kappa shape index (κ3) is 5.90. The number of unbranched alkanes of at least 4 members (excludes halogenated alkanes) is 2. The van der Waals surface area contributed by atoms with Gasteiger partial charge in [-0.15, -0.1) is 6.58 Å². The van der Waals surface area contributed by atoms with E-state index in [0.717, 1.165) is 19.1 Å².